The summed E-state index contributed by atoms with van der Waals surface area (Å²) in [4.78, 5) is 22.8. The van der Waals surface area contributed by atoms with Gasteiger partial charge in [-0.3, -0.25) is 9.59 Å². The second kappa shape index (κ2) is 6.66. The van der Waals surface area contributed by atoms with Gasteiger partial charge in [0.05, 0.1) is 0 Å². The second-order valence-electron chi connectivity index (χ2n) is 8.08. The number of ether oxygens (including phenoxy) is 2. The van der Waals surface area contributed by atoms with Crippen LogP contribution in [-0.2, 0) is 20.7 Å². The Morgan fingerprint density at radius 3 is 2.63 bits per heavy atom. The van der Waals surface area contributed by atoms with E-state index in [-0.39, 0.29) is 23.5 Å². The molecule has 0 saturated heterocycles. The molecule has 0 saturated carbocycles. The van der Waals surface area contributed by atoms with E-state index in [9.17, 15) is 9.59 Å². The Morgan fingerprint density at radius 2 is 1.89 bits per heavy atom. The highest BCUT2D eigenvalue weighted by Crippen LogP contribution is 2.55. The van der Waals surface area contributed by atoms with Crippen LogP contribution >= 0.6 is 0 Å². The molecular weight excluding hydrogens is 340 g/mol. The zero-order valence-corrected chi connectivity index (χ0v) is 16.3. The fraction of sp³-hybridized carbons (Fsp3) is 0.478. The van der Waals surface area contributed by atoms with Crippen LogP contribution in [0.2, 0.25) is 0 Å². The van der Waals surface area contributed by atoms with Gasteiger partial charge in [0.25, 0.3) is 0 Å². The van der Waals surface area contributed by atoms with Gasteiger partial charge in [-0.1, -0.05) is 19.1 Å². The van der Waals surface area contributed by atoms with Gasteiger partial charge in [-0.15, -0.1) is 0 Å². The zero-order valence-electron chi connectivity index (χ0n) is 16.3. The lowest BCUT2D eigenvalue weighted by Gasteiger charge is -2.47. The number of fused-ring (bicyclic) bond motifs is 4. The van der Waals surface area contributed by atoms with Crippen LogP contribution < -0.4 is 4.74 Å². The summed E-state index contributed by atoms with van der Waals surface area (Å²) in [5.41, 5.74) is 6.69. The molecule has 4 heteroatoms. The summed E-state index contributed by atoms with van der Waals surface area (Å²) in [5, 5.41) is 0. The monoisotopic (exact) mass is 366 g/mol. The van der Waals surface area contributed by atoms with Crippen molar-refractivity contribution in [3.63, 3.8) is 0 Å². The van der Waals surface area contributed by atoms with Crippen LogP contribution in [0.25, 0.3) is 5.57 Å². The number of esters is 2. The summed E-state index contributed by atoms with van der Waals surface area (Å²) < 4.78 is 11.0. The van der Waals surface area contributed by atoms with E-state index in [1.54, 1.807) is 0 Å². The minimum absolute atomic E-state index is 0.0308. The lowest BCUT2D eigenvalue weighted by molar-refractivity contribution is -0.152. The van der Waals surface area contributed by atoms with Crippen molar-refractivity contribution < 1.29 is 19.1 Å². The van der Waals surface area contributed by atoms with E-state index in [1.165, 1.54) is 41.7 Å². The first-order valence-corrected chi connectivity index (χ1v) is 9.80. The van der Waals surface area contributed by atoms with E-state index in [4.69, 9.17) is 9.47 Å². The van der Waals surface area contributed by atoms with Gasteiger partial charge < -0.3 is 9.47 Å². The highest BCUT2D eigenvalue weighted by molar-refractivity contribution is 5.79. The number of carbonyl (C=O) groups excluding carboxylic acids is 2. The lowest BCUT2D eigenvalue weighted by atomic mass is 9.60. The normalized spacial score (nSPS) is 26.3. The minimum Gasteiger partial charge on any atom is -0.462 e. The van der Waals surface area contributed by atoms with E-state index in [1.807, 2.05) is 12.1 Å². The van der Waals surface area contributed by atoms with E-state index < -0.39 is 0 Å². The first-order chi connectivity index (χ1) is 12.9. The number of aryl methyl sites for hydroxylation is 1. The van der Waals surface area contributed by atoms with Gasteiger partial charge in [-0.25, -0.2) is 0 Å². The van der Waals surface area contributed by atoms with Crippen LogP contribution in [0.4, 0.5) is 0 Å². The molecule has 3 aliphatic carbocycles. The Labute approximate surface area is 160 Å². The summed E-state index contributed by atoms with van der Waals surface area (Å²) in [5.74, 6) is 0.148. The van der Waals surface area contributed by atoms with Gasteiger partial charge in [-0.05, 0) is 78.5 Å². The van der Waals surface area contributed by atoms with Crippen LogP contribution in [-0.4, -0.2) is 18.0 Å². The Kier molecular flexibility index (Phi) is 4.45. The standard InChI is InChI=1S/C23H26O4/c1-14(24)26-17-8-10-18-16(13-17)7-9-20-19(18)11-12-23(3)21(20)5-4-6-22(23)27-15(2)25/h5,8,10,13,22H,4,6-7,9,11-12H2,1-3H3/t22-,23-/m1/s1. The smallest absolute Gasteiger partial charge is 0.308 e. The van der Waals surface area contributed by atoms with Crippen molar-refractivity contribution >= 4 is 17.5 Å². The van der Waals surface area contributed by atoms with Crippen molar-refractivity contribution in [2.75, 3.05) is 0 Å². The van der Waals surface area contributed by atoms with Gasteiger partial charge in [0.1, 0.15) is 11.9 Å². The quantitative estimate of drug-likeness (QED) is 0.559. The molecule has 1 aromatic carbocycles. The van der Waals surface area contributed by atoms with E-state index in [0.29, 0.717) is 5.75 Å². The van der Waals surface area contributed by atoms with Gasteiger partial charge in [0.15, 0.2) is 0 Å². The number of hydrogen-bond donors (Lipinski definition) is 0. The molecule has 0 bridgehead atoms. The van der Waals surface area contributed by atoms with Crippen LogP contribution in [0, 0.1) is 5.41 Å². The number of carbonyl (C=O) groups is 2. The molecule has 0 unspecified atom stereocenters. The molecule has 3 aliphatic rings. The number of rotatable bonds is 2. The first-order valence-electron chi connectivity index (χ1n) is 9.80. The van der Waals surface area contributed by atoms with Crippen LogP contribution in [0.3, 0.4) is 0 Å². The van der Waals surface area contributed by atoms with Crippen molar-refractivity contribution in [1.82, 2.24) is 0 Å². The van der Waals surface area contributed by atoms with Gasteiger partial charge >= 0.3 is 11.9 Å². The predicted octanol–water partition coefficient (Wildman–Crippen LogP) is 4.76. The van der Waals surface area contributed by atoms with Crippen molar-refractivity contribution in [3.8, 4) is 5.75 Å². The topological polar surface area (TPSA) is 52.6 Å². The average Bonchev–Trinajstić information content (AvgIpc) is 2.61. The van der Waals surface area contributed by atoms with E-state index >= 15 is 0 Å². The Bertz CT molecular complexity index is 876. The fourth-order valence-corrected chi connectivity index (χ4v) is 5.10. The first kappa shape index (κ1) is 18.0. The molecule has 0 radical (unpaired) electrons. The fourth-order valence-electron chi connectivity index (χ4n) is 5.10. The van der Waals surface area contributed by atoms with Crippen molar-refractivity contribution in [2.24, 2.45) is 5.41 Å². The maximum absolute atomic E-state index is 11.6. The Balaban J connectivity index is 1.71. The lowest BCUT2D eigenvalue weighted by Crippen LogP contribution is -2.42. The van der Waals surface area contributed by atoms with Crippen LogP contribution in [0.15, 0.2) is 35.4 Å². The molecule has 0 spiro atoms. The van der Waals surface area contributed by atoms with Gasteiger partial charge in [0.2, 0.25) is 0 Å². The number of hydrogen-bond acceptors (Lipinski definition) is 4. The molecule has 2 atom stereocenters. The van der Waals surface area contributed by atoms with Crippen molar-refractivity contribution in [1.29, 1.82) is 0 Å². The number of allylic oxidation sites excluding steroid dienone is 3. The van der Waals surface area contributed by atoms with Crippen LogP contribution in [0.1, 0.15) is 64.0 Å². The molecule has 4 nitrogen and oxygen atoms in total. The van der Waals surface area contributed by atoms with E-state index in [2.05, 4.69) is 19.1 Å². The molecule has 0 aromatic heterocycles. The third kappa shape index (κ3) is 3.11. The second-order valence-corrected chi connectivity index (χ2v) is 8.08. The van der Waals surface area contributed by atoms with Gasteiger partial charge in [-0.2, -0.15) is 0 Å². The molecule has 1 aromatic rings. The molecule has 0 N–H and O–H groups in total. The molecule has 0 fully saturated rings. The Morgan fingerprint density at radius 1 is 1.07 bits per heavy atom. The van der Waals surface area contributed by atoms with Crippen molar-refractivity contribution in [2.45, 2.75) is 65.4 Å². The summed E-state index contributed by atoms with van der Waals surface area (Å²) >= 11 is 0. The third-order valence-corrected chi connectivity index (χ3v) is 6.30. The molecule has 142 valence electrons. The highest BCUT2D eigenvalue weighted by atomic mass is 16.5. The zero-order chi connectivity index (χ0) is 19.2. The minimum atomic E-state index is -0.289. The van der Waals surface area contributed by atoms with E-state index in [0.717, 1.165) is 38.5 Å². The molecule has 0 amide bonds. The largest absolute Gasteiger partial charge is 0.462 e. The third-order valence-electron chi connectivity index (χ3n) is 6.30. The maximum Gasteiger partial charge on any atom is 0.308 e. The molecular formula is C23H26O4. The summed E-state index contributed by atoms with van der Waals surface area (Å²) in [7, 11) is 0. The maximum atomic E-state index is 11.6. The van der Waals surface area contributed by atoms with Crippen LogP contribution in [0.5, 0.6) is 5.75 Å². The number of benzene rings is 1. The Hall–Kier alpha value is -2.36. The summed E-state index contributed by atoms with van der Waals surface area (Å²) in [6, 6.07) is 5.99. The highest BCUT2D eigenvalue weighted by Gasteiger charge is 2.46. The SMILES string of the molecule is CC(=O)Oc1ccc2c(c1)CCC1=C2CC[C@]2(C)C1=CCC[C@H]2OC(C)=O. The predicted molar refractivity (Wildman–Crippen MR) is 103 cm³/mol. The molecule has 0 aliphatic heterocycles. The summed E-state index contributed by atoms with van der Waals surface area (Å²) in [6.07, 6.45) is 8.10. The molecule has 4 rings (SSSR count). The van der Waals surface area contributed by atoms with Crippen molar-refractivity contribution in [3.05, 3.63) is 46.5 Å². The average molecular weight is 366 g/mol. The van der Waals surface area contributed by atoms with Gasteiger partial charge in [0, 0.05) is 19.3 Å². The molecule has 0 heterocycles. The molecule has 27 heavy (non-hydrogen) atoms. The summed E-state index contributed by atoms with van der Waals surface area (Å²) in [6.45, 7) is 5.19.